The molecule has 0 N–H and O–H groups in total. The lowest BCUT2D eigenvalue weighted by molar-refractivity contribution is -0.116. The van der Waals surface area contributed by atoms with E-state index in [2.05, 4.69) is 37.0 Å². The average Bonchev–Trinajstić information content (AvgIpc) is 2.82. The van der Waals surface area contributed by atoms with Gasteiger partial charge in [-0.2, -0.15) is 5.10 Å². The number of halogens is 2. The summed E-state index contributed by atoms with van der Waals surface area (Å²) in [5, 5.41) is 5.90. The van der Waals surface area contributed by atoms with Gasteiger partial charge in [-0.3, -0.25) is 4.79 Å². The van der Waals surface area contributed by atoms with E-state index in [9.17, 15) is 4.79 Å². The molecule has 2 aromatic carbocycles. The summed E-state index contributed by atoms with van der Waals surface area (Å²) in [4.78, 5) is 12.1. The minimum atomic E-state index is -0.00904. The molecule has 0 radical (unpaired) electrons. The summed E-state index contributed by atoms with van der Waals surface area (Å²) in [7, 11) is 0. The van der Waals surface area contributed by atoms with Crippen LogP contribution in [0.2, 0.25) is 0 Å². The van der Waals surface area contributed by atoms with Gasteiger partial charge < -0.3 is 0 Å². The van der Waals surface area contributed by atoms with E-state index in [1.807, 2.05) is 48.5 Å². The van der Waals surface area contributed by atoms with E-state index >= 15 is 0 Å². The standard InChI is InChI=1S/C15H10Br2N2O/c16-11-3-1-10(2-4-11)14-9-15(20)19(18-14)13-7-5-12(17)6-8-13/h1-8H,9H2. The Balaban J connectivity index is 1.92. The predicted octanol–water partition coefficient (Wildman–Crippen LogP) is 4.35. The van der Waals surface area contributed by atoms with Crippen LogP contribution < -0.4 is 5.01 Å². The molecule has 1 amide bonds. The zero-order valence-electron chi connectivity index (χ0n) is 10.4. The van der Waals surface area contributed by atoms with Crippen LogP contribution in [0.25, 0.3) is 0 Å². The van der Waals surface area contributed by atoms with Crippen molar-refractivity contribution >= 4 is 49.2 Å². The summed E-state index contributed by atoms with van der Waals surface area (Å²) in [6, 6.07) is 15.4. The molecule has 0 fully saturated rings. The first kappa shape index (κ1) is 13.5. The highest BCUT2D eigenvalue weighted by atomic mass is 79.9. The Morgan fingerprint density at radius 2 is 1.45 bits per heavy atom. The molecule has 100 valence electrons. The maximum atomic E-state index is 12.1. The van der Waals surface area contributed by atoms with Crippen molar-refractivity contribution in [3.63, 3.8) is 0 Å². The largest absolute Gasteiger partial charge is 0.272 e. The maximum absolute atomic E-state index is 12.1. The van der Waals surface area contributed by atoms with Gasteiger partial charge >= 0.3 is 0 Å². The van der Waals surface area contributed by atoms with E-state index in [0.717, 1.165) is 25.9 Å². The number of hydrogen-bond donors (Lipinski definition) is 0. The van der Waals surface area contributed by atoms with Gasteiger partial charge in [-0.15, -0.1) is 0 Å². The van der Waals surface area contributed by atoms with Crippen molar-refractivity contribution < 1.29 is 4.79 Å². The van der Waals surface area contributed by atoms with Crippen molar-refractivity contribution in [1.82, 2.24) is 0 Å². The van der Waals surface area contributed by atoms with Gasteiger partial charge in [0.2, 0.25) is 0 Å². The Hall–Kier alpha value is -1.46. The van der Waals surface area contributed by atoms with E-state index in [4.69, 9.17) is 0 Å². The SMILES string of the molecule is O=C1CC(c2ccc(Br)cc2)=NN1c1ccc(Br)cc1. The van der Waals surface area contributed by atoms with Gasteiger partial charge in [-0.05, 0) is 42.0 Å². The lowest BCUT2D eigenvalue weighted by Crippen LogP contribution is -2.19. The molecule has 3 nitrogen and oxygen atoms in total. The van der Waals surface area contributed by atoms with Crippen LogP contribution in [0, 0.1) is 0 Å². The van der Waals surface area contributed by atoms with Crippen molar-refractivity contribution in [2.45, 2.75) is 6.42 Å². The van der Waals surface area contributed by atoms with Crippen molar-refractivity contribution in [3.05, 3.63) is 63.0 Å². The van der Waals surface area contributed by atoms with Gasteiger partial charge in [0.15, 0.2) is 0 Å². The van der Waals surface area contributed by atoms with Gasteiger partial charge in [-0.1, -0.05) is 44.0 Å². The number of amides is 1. The second-order valence-corrected chi connectivity index (χ2v) is 6.24. The van der Waals surface area contributed by atoms with Crippen LogP contribution in [0.3, 0.4) is 0 Å². The van der Waals surface area contributed by atoms with Crippen molar-refractivity contribution in [3.8, 4) is 0 Å². The molecule has 0 atom stereocenters. The number of benzene rings is 2. The molecule has 0 bridgehead atoms. The Labute approximate surface area is 133 Å². The Morgan fingerprint density at radius 1 is 0.900 bits per heavy atom. The van der Waals surface area contributed by atoms with Crippen LogP contribution >= 0.6 is 31.9 Å². The monoisotopic (exact) mass is 392 g/mol. The maximum Gasteiger partial charge on any atom is 0.253 e. The lowest BCUT2D eigenvalue weighted by Gasteiger charge is -2.11. The Morgan fingerprint density at radius 3 is 2.05 bits per heavy atom. The third kappa shape index (κ3) is 2.69. The van der Waals surface area contributed by atoms with Crippen molar-refractivity contribution in [1.29, 1.82) is 0 Å². The molecule has 0 saturated carbocycles. The molecule has 0 unspecified atom stereocenters. The molecule has 3 rings (SSSR count). The molecule has 5 heteroatoms. The Kier molecular flexibility index (Phi) is 3.72. The summed E-state index contributed by atoms with van der Waals surface area (Å²) < 4.78 is 1.99. The number of nitrogens with zero attached hydrogens (tertiary/aromatic N) is 2. The molecule has 2 aromatic rings. The smallest absolute Gasteiger partial charge is 0.253 e. The third-order valence-electron chi connectivity index (χ3n) is 3.02. The fourth-order valence-electron chi connectivity index (χ4n) is 2.02. The highest BCUT2D eigenvalue weighted by Gasteiger charge is 2.25. The fourth-order valence-corrected chi connectivity index (χ4v) is 2.54. The number of carbonyl (C=O) groups is 1. The van der Waals surface area contributed by atoms with Crippen LogP contribution in [0.4, 0.5) is 5.69 Å². The first-order valence-electron chi connectivity index (χ1n) is 6.05. The van der Waals surface area contributed by atoms with Gasteiger partial charge in [0.1, 0.15) is 0 Å². The highest BCUT2D eigenvalue weighted by Crippen LogP contribution is 2.25. The van der Waals surface area contributed by atoms with E-state index < -0.39 is 0 Å². The topological polar surface area (TPSA) is 32.7 Å². The number of anilines is 1. The summed E-state index contributed by atoms with van der Waals surface area (Å²) >= 11 is 6.78. The van der Waals surface area contributed by atoms with E-state index in [0.29, 0.717) is 6.42 Å². The quantitative estimate of drug-likeness (QED) is 0.746. The van der Waals surface area contributed by atoms with Crippen LogP contribution in [0.15, 0.2) is 62.6 Å². The minimum Gasteiger partial charge on any atom is -0.272 e. The Bertz CT molecular complexity index is 678. The zero-order chi connectivity index (χ0) is 14.1. The van der Waals surface area contributed by atoms with Crippen LogP contribution in [0.5, 0.6) is 0 Å². The molecule has 1 aliphatic heterocycles. The zero-order valence-corrected chi connectivity index (χ0v) is 13.6. The van der Waals surface area contributed by atoms with Gasteiger partial charge in [0, 0.05) is 8.95 Å². The molecular formula is C15H10Br2N2O. The second-order valence-electron chi connectivity index (χ2n) is 4.41. The molecule has 20 heavy (non-hydrogen) atoms. The summed E-state index contributed by atoms with van der Waals surface area (Å²) in [5.41, 5.74) is 2.55. The van der Waals surface area contributed by atoms with Crippen molar-refractivity contribution in [2.75, 3.05) is 5.01 Å². The number of hydrazone groups is 1. The normalized spacial score (nSPS) is 14.6. The van der Waals surface area contributed by atoms with Crippen molar-refractivity contribution in [2.24, 2.45) is 5.10 Å². The predicted molar refractivity (Wildman–Crippen MR) is 86.9 cm³/mol. The van der Waals surface area contributed by atoms with Gasteiger partial charge in [0.25, 0.3) is 5.91 Å². The number of carbonyl (C=O) groups excluding carboxylic acids is 1. The minimum absolute atomic E-state index is 0.00904. The summed E-state index contributed by atoms with van der Waals surface area (Å²) in [5.74, 6) is -0.00904. The lowest BCUT2D eigenvalue weighted by atomic mass is 10.1. The second kappa shape index (κ2) is 5.50. The fraction of sp³-hybridized carbons (Fsp3) is 0.0667. The molecule has 0 spiro atoms. The number of rotatable bonds is 2. The summed E-state index contributed by atoms with van der Waals surface area (Å²) in [6.45, 7) is 0. The van der Waals surface area contributed by atoms with E-state index in [1.54, 1.807) is 0 Å². The van der Waals surface area contributed by atoms with Gasteiger partial charge in [0.05, 0.1) is 17.8 Å². The average molecular weight is 394 g/mol. The molecule has 1 aliphatic rings. The van der Waals surface area contributed by atoms with E-state index in [-0.39, 0.29) is 5.91 Å². The molecular weight excluding hydrogens is 384 g/mol. The molecule has 0 aromatic heterocycles. The first-order valence-corrected chi connectivity index (χ1v) is 7.64. The highest BCUT2D eigenvalue weighted by molar-refractivity contribution is 9.10. The number of hydrogen-bond acceptors (Lipinski definition) is 2. The first-order chi connectivity index (χ1) is 9.63. The third-order valence-corrected chi connectivity index (χ3v) is 4.08. The molecule has 0 aliphatic carbocycles. The molecule has 1 heterocycles. The summed E-state index contributed by atoms with van der Waals surface area (Å²) in [6.07, 6.45) is 0.331. The van der Waals surface area contributed by atoms with Crippen LogP contribution in [-0.2, 0) is 4.79 Å². The van der Waals surface area contributed by atoms with E-state index in [1.165, 1.54) is 5.01 Å². The van der Waals surface area contributed by atoms with Gasteiger partial charge in [-0.25, -0.2) is 5.01 Å². The van der Waals surface area contributed by atoms with Crippen LogP contribution in [0.1, 0.15) is 12.0 Å². The molecule has 0 saturated heterocycles. The van der Waals surface area contributed by atoms with Crippen LogP contribution in [-0.4, -0.2) is 11.6 Å².